The number of carbonyl (C=O) groups excluding carboxylic acids is 1. The number of nitrogens with zero attached hydrogens (tertiary/aromatic N) is 2. The summed E-state index contributed by atoms with van der Waals surface area (Å²) in [6, 6.07) is 7.84. The summed E-state index contributed by atoms with van der Waals surface area (Å²) in [6.45, 7) is 1.95. The van der Waals surface area contributed by atoms with Crippen molar-refractivity contribution >= 4 is 21.8 Å². The summed E-state index contributed by atoms with van der Waals surface area (Å²) in [5, 5.41) is 2.95. The molecule has 0 bridgehead atoms. The summed E-state index contributed by atoms with van der Waals surface area (Å²) < 4.78 is 2.70. The van der Waals surface area contributed by atoms with E-state index in [1.165, 1.54) is 0 Å². The van der Waals surface area contributed by atoms with E-state index in [1.54, 1.807) is 24.1 Å². The molecule has 5 heteroatoms. The lowest BCUT2D eigenvalue weighted by Gasteiger charge is -2.14. The molecule has 1 heterocycles. The predicted molar refractivity (Wildman–Crippen MR) is 73.2 cm³/mol. The second-order valence-electron chi connectivity index (χ2n) is 4.14. The number of carbonyl (C=O) groups is 1. The van der Waals surface area contributed by atoms with E-state index in [1.807, 2.05) is 31.2 Å². The number of amides is 1. The lowest BCUT2D eigenvalue weighted by Crippen LogP contribution is -2.28. The van der Waals surface area contributed by atoms with Gasteiger partial charge in [0.2, 0.25) is 0 Å². The van der Waals surface area contributed by atoms with Crippen LogP contribution in [0, 0.1) is 0 Å². The largest absolute Gasteiger partial charge is 0.344 e. The van der Waals surface area contributed by atoms with Gasteiger partial charge in [0.05, 0.1) is 18.6 Å². The Kier molecular flexibility index (Phi) is 3.81. The Morgan fingerprint density at radius 2 is 2.28 bits per heavy atom. The maximum atomic E-state index is 12.0. The maximum absolute atomic E-state index is 12.0. The predicted octanol–water partition coefficient (Wildman–Crippen LogP) is 2.67. The van der Waals surface area contributed by atoms with Crippen LogP contribution in [0.15, 0.2) is 41.3 Å². The van der Waals surface area contributed by atoms with Crippen molar-refractivity contribution in [3.05, 3.63) is 52.5 Å². The molecule has 0 aliphatic carbocycles. The lowest BCUT2D eigenvalue weighted by molar-refractivity contribution is 0.0931. The van der Waals surface area contributed by atoms with Gasteiger partial charge in [0.15, 0.2) is 0 Å². The Bertz CT molecular complexity index is 565. The maximum Gasteiger partial charge on any atom is 0.270 e. The van der Waals surface area contributed by atoms with Gasteiger partial charge >= 0.3 is 0 Å². The van der Waals surface area contributed by atoms with E-state index in [4.69, 9.17) is 0 Å². The Labute approximate surface area is 114 Å². The molecule has 1 aromatic carbocycles. The zero-order valence-corrected chi connectivity index (χ0v) is 11.8. The van der Waals surface area contributed by atoms with Crippen LogP contribution in [0.25, 0.3) is 0 Å². The average Bonchev–Trinajstić information content (AvgIpc) is 2.75. The first-order valence-electron chi connectivity index (χ1n) is 5.60. The van der Waals surface area contributed by atoms with Crippen molar-refractivity contribution in [3.63, 3.8) is 0 Å². The number of hydrogen-bond acceptors (Lipinski definition) is 2. The molecule has 94 valence electrons. The third kappa shape index (κ3) is 2.79. The molecule has 1 atom stereocenters. The second-order valence-corrected chi connectivity index (χ2v) is 5.06. The molecule has 18 heavy (non-hydrogen) atoms. The molecule has 0 radical (unpaired) electrons. The first kappa shape index (κ1) is 12.8. The molecule has 4 nitrogen and oxygen atoms in total. The van der Waals surface area contributed by atoms with E-state index in [-0.39, 0.29) is 11.9 Å². The molecular formula is C13H14BrN3O. The standard InChI is InChI=1S/C13H14BrN3O/c1-9(10-4-3-5-11(14)6-10)16-13(18)12-7-15-8-17(12)2/h3-9H,1-2H3,(H,16,18). The highest BCUT2D eigenvalue weighted by atomic mass is 79.9. The quantitative estimate of drug-likeness (QED) is 0.947. The van der Waals surface area contributed by atoms with Crippen molar-refractivity contribution in [3.8, 4) is 0 Å². The molecule has 1 unspecified atom stereocenters. The minimum Gasteiger partial charge on any atom is -0.344 e. The number of hydrogen-bond donors (Lipinski definition) is 1. The van der Waals surface area contributed by atoms with E-state index in [0.29, 0.717) is 5.69 Å². The summed E-state index contributed by atoms with van der Waals surface area (Å²) >= 11 is 3.42. The molecule has 0 aliphatic rings. The van der Waals surface area contributed by atoms with Crippen LogP contribution >= 0.6 is 15.9 Å². The molecule has 0 spiro atoms. The van der Waals surface area contributed by atoms with Crippen molar-refractivity contribution in [1.29, 1.82) is 0 Å². The van der Waals surface area contributed by atoms with Gasteiger partial charge in [-0.2, -0.15) is 0 Å². The molecule has 0 aliphatic heterocycles. The van der Waals surface area contributed by atoms with Crippen molar-refractivity contribution in [2.24, 2.45) is 7.05 Å². The van der Waals surface area contributed by atoms with Crippen LogP contribution in [-0.2, 0) is 7.05 Å². The van der Waals surface area contributed by atoms with E-state index >= 15 is 0 Å². The highest BCUT2D eigenvalue weighted by molar-refractivity contribution is 9.10. The lowest BCUT2D eigenvalue weighted by atomic mass is 10.1. The van der Waals surface area contributed by atoms with Crippen LogP contribution in [0.4, 0.5) is 0 Å². The minimum absolute atomic E-state index is 0.0510. The molecule has 1 aromatic heterocycles. The Hall–Kier alpha value is -1.62. The molecule has 0 saturated carbocycles. The Balaban J connectivity index is 2.10. The van der Waals surface area contributed by atoms with Crippen LogP contribution in [-0.4, -0.2) is 15.5 Å². The van der Waals surface area contributed by atoms with Gasteiger partial charge in [0, 0.05) is 11.5 Å². The average molecular weight is 308 g/mol. The van der Waals surface area contributed by atoms with Gasteiger partial charge in [0.1, 0.15) is 5.69 Å². The zero-order valence-electron chi connectivity index (χ0n) is 10.2. The van der Waals surface area contributed by atoms with Gasteiger partial charge in [-0.05, 0) is 24.6 Å². The van der Waals surface area contributed by atoms with Crippen LogP contribution < -0.4 is 5.32 Å². The van der Waals surface area contributed by atoms with Crippen LogP contribution in [0.5, 0.6) is 0 Å². The van der Waals surface area contributed by atoms with Gasteiger partial charge in [-0.25, -0.2) is 4.98 Å². The zero-order chi connectivity index (χ0) is 13.1. The SMILES string of the molecule is CC(NC(=O)c1cncn1C)c1cccc(Br)c1. The van der Waals surface area contributed by atoms with Crippen LogP contribution in [0.1, 0.15) is 29.0 Å². The van der Waals surface area contributed by atoms with Gasteiger partial charge in [-0.1, -0.05) is 28.1 Å². The van der Waals surface area contributed by atoms with Crippen molar-refractivity contribution in [2.45, 2.75) is 13.0 Å². The van der Waals surface area contributed by atoms with E-state index in [0.717, 1.165) is 10.0 Å². The number of aromatic nitrogens is 2. The number of nitrogens with one attached hydrogen (secondary N) is 1. The molecule has 0 saturated heterocycles. The smallest absolute Gasteiger partial charge is 0.270 e. The van der Waals surface area contributed by atoms with Gasteiger partial charge in [-0.3, -0.25) is 4.79 Å². The first-order chi connectivity index (χ1) is 8.58. The normalized spacial score (nSPS) is 12.2. The first-order valence-corrected chi connectivity index (χ1v) is 6.40. The fourth-order valence-corrected chi connectivity index (χ4v) is 2.12. The number of imidazole rings is 1. The minimum atomic E-state index is -0.123. The van der Waals surface area contributed by atoms with E-state index < -0.39 is 0 Å². The van der Waals surface area contributed by atoms with Gasteiger partial charge in [-0.15, -0.1) is 0 Å². The summed E-state index contributed by atoms with van der Waals surface area (Å²) in [5.74, 6) is -0.123. The third-order valence-electron chi connectivity index (χ3n) is 2.75. The molecule has 2 aromatic rings. The molecule has 0 fully saturated rings. The van der Waals surface area contributed by atoms with E-state index in [9.17, 15) is 4.79 Å². The fraction of sp³-hybridized carbons (Fsp3) is 0.231. The molecule has 2 rings (SSSR count). The second kappa shape index (κ2) is 5.35. The summed E-state index contributed by atoms with van der Waals surface area (Å²) in [7, 11) is 1.80. The highest BCUT2D eigenvalue weighted by Crippen LogP contribution is 2.18. The monoisotopic (exact) mass is 307 g/mol. The number of halogens is 1. The Morgan fingerprint density at radius 1 is 1.50 bits per heavy atom. The fourth-order valence-electron chi connectivity index (χ4n) is 1.71. The molecular weight excluding hydrogens is 294 g/mol. The van der Waals surface area contributed by atoms with Crippen molar-refractivity contribution in [2.75, 3.05) is 0 Å². The summed E-state index contributed by atoms with van der Waals surface area (Å²) in [4.78, 5) is 15.9. The summed E-state index contributed by atoms with van der Waals surface area (Å²) in [5.41, 5.74) is 1.61. The molecule has 1 amide bonds. The van der Waals surface area contributed by atoms with E-state index in [2.05, 4.69) is 26.2 Å². The number of aryl methyl sites for hydroxylation is 1. The topological polar surface area (TPSA) is 46.9 Å². The van der Waals surface area contributed by atoms with Crippen LogP contribution in [0.3, 0.4) is 0 Å². The number of rotatable bonds is 3. The number of benzene rings is 1. The van der Waals surface area contributed by atoms with Crippen molar-refractivity contribution < 1.29 is 4.79 Å². The van der Waals surface area contributed by atoms with Crippen molar-refractivity contribution in [1.82, 2.24) is 14.9 Å². The summed E-state index contributed by atoms with van der Waals surface area (Å²) in [6.07, 6.45) is 3.17. The van der Waals surface area contributed by atoms with Gasteiger partial charge in [0.25, 0.3) is 5.91 Å². The highest BCUT2D eigenvalue weighted by Gasteiger charge is 2.13. The third-order valence-corrected chi connectivity index (χ3v) is 3.24. The molecule has 1 N–H and O–H groups in total. The Morgan fingerprint density at radius 3 is 2.89 bits per heavy atom. The van der Waals surface area contributed by atoms with Crippen LogP contribution in [0.2, 0.25) is 0 Å². The van der Waals surface area contributed by atoms with Gasteiger partial charge < -0.3 is 9.88 Å².